The molecular formula is C15H3F18FeO6-3. The van der Waals surface area contributed by atoms with Crippen LogP contribution in [0.2, 0.25) is 0 Å². The Morgan fingerprint density at radius 1 is 0.350 bits per heavy atom. The predicted molar refractivity (Wildman–Crippen MR) is 75.6 cm³/mol. The van der Waals surface area contributed by atoms with Crippen molar-refractivity contribution in [1.82, 2.24) is 0 Å². The Bertz CT molecular complexity index is 834. The molecule has 0 aromatic rings. The number of rotatable bonds is 3. The van der Waals surface area contributed by atoms with E-state index in [1.807, 2.05) is 0 Å². The third-order valence-electron chi connectivity index (χ3n) is 2.46. The van der Waals surface area contributed by atoms with Gasteiger partial charge in [0.2, 0.25) is 0 Å². The second-order valence-electron chi connectivity index (χ2n) is 5.61. The molecule has 236 valence electrons. The molecule has 0 aliphatic carbocycles. The number of ketones is 3. The van der Waals surface area contributed by atoms with E-state index in [1.54, 1.807) is 0 Å². The largest absolute Gasteiger partial charge is 0.869 e. The molecule has 0 N–H and O–H groups in total. The monoisotopic (exact) mass is 677 g/mol. The van der Waals surface area contributed by atoms with Crippen LogP contribution in [0.25, 0.3) is 0 Å². The molecule has 0 aliphatic rings. The van der Waals surface area contributed by atoms with Crippen LogP contribution in [0.4, 0.5) is 79.0 Å². The fourth-order valence-electron chi connectivity index (χ4n) is 0.848. The zero-order valence-electron chi connectivity index (χ0n) is 17.3. The van der Waals surface area contributed by atoms with Crippen molar-refractivity contribution in [3.05, 3.63) is 35.5 Å². The zero-order valence-corrected chi connectivity index (χ0v) is 18.4. The Morgan fingerprint density at radius 2 is 0.475 bits per heavy atom. The van der Waals surface area contributed by atoms with E-state index in [9.17, 15) is 109 Å². The Labute approximate surface area is 216 Å². The van der Waals surface area contributed by atoms with Gasteiger partial charge in [0.1, 0.15) is 0 Å². The van der Waals surface area contributed by atoms with E-state index in [1.165, 1.54) is 0 Å². The smallest absolute Gasteiger partial charge is 0.454 e. The summed E-state index contributed by atoms with van der Waals surface area (Å²) in [5.74, 6) is -16.9. The van der Waals surface area contributed by atoms with Gasteiger partial charge in [-0.25, -0.2) is 0 Å². The second-order valence-corrected chi connectivity index (χ2v) is 5.61. The van der Waals surface area contributed by atoms with Crippen LogP contribution in [-0.2, 0) is 31.5 Å². The number of carbonyl (C=O) groups excluding carboxylic acids is 3. The van der Waals surface area contributed by atoms with Crippen molar-refractivity contribution in [2.45, 2.75) is 37.1 Å². The molecule has 0 amide bonds. The summed E-state index contributed by atoms with van der Waals surface area (Å²) in [6, 6.07) is 0. The Hall–Kier alpha value is -3.11. The minimum absolute atomic E-state index is 0. The number of alkyl halides is 18. The van der Waals surface area contributed by atoms with Crippen molar-refractivity contribution in [1.29, 1.82) is 0 Å². The van der Waals surface area contributed by atoms with Gasteiger partial charge in [0.05, 0.1) is 0 Å². The summed E-state index contributed by atoms with van der Waals surface area (Å²) in [4.78, 5) is 29.5. The van der Waals surface area contributed by atoms with Crippen molar-refractivity contribution < 1.29 is 126 Å². The van der Waals surface area contributed by atoms with Gasteiger partial charge in [-0.1, -0.05) is 0 Å². The van der Waals surface area contributed by atoms with Crippen LogP contribution in [-0.4, -0.2) is 54.4 Å². The summed E-state index contributed by atoms with van der Waals surface area (Å²) in [6.45, 7) is 0. The first-order valence-corrected chi connectivity index (χ1v) is 7.86. The van der Waals surface area contributed by atoms with Gasteiger partial charge in [0.15, 0.2) is 0 Å². The van der Waals surface area contributed by atoms with Crippen LogP contribution in [0.5, 0.6) is 0 Å². The van der Waals surface area contributed by atoms with Crippen molar-refractivity contribution in [3.63, 3.8) is 0 Å². The molecule has 0 fully saturated rings. The number of hydrogen-bond donors (Lipinski definition) is 0. The Morgan fingerprint density at radius 3 is 0.550 bits per heavy atom. The molecule has 0 atom stereocenters. The maximum atomic E-state index is 11.3. The van der Waals surface area contributed by atoms with Gasteiger partial charge in [-0.15, -0.1) is 0 Å². The van der Waals surface area contributed by atoms with E-state index in [-0.39, 0.29) is 17.1 Å². The van der Waals surface area contributed by atoms with Gasteiger partial charge in [-0.05, 0) is 35.5 Å². The number of carbonyl (C=O) groups is 3. The summed E-state index contributed by atoms with van der Waals surface area (Å²) < 4.78 is 203. The molecule has 0 heterocycles. The van der Waals surface area contributed by atoms with E-state index in [0.29, 0.717) is 0 Å². The van der Waals surface area contributed by atoms with E-state index in [0.717, 1.165) is 0 Å². The van der Waals surface area contributed by atoms with Gasteiger partial charge in [0.25, 0.3) is 17.3 Å². The van der Waals surface area contributed by atoms with Crippen LogP contribution in [0.3, 0.4) is 0 Å². The standard InChI is InChI=1S/3C5H2F6O2.Fe/c3*6-4(7,8)2(12)1-3(13)5(9,10)11;/h3*1,12H;/p-3/b3*2-1+;. The van der Waals surface area contributed by atoms with Gasteiger partial charge in [-0.2, -0.15) is 79.0 Å². The van der Waals surface area contributed by atoms with Crippen LogP contribution < -0.4 is 15.3 Å². The van der Waals surface area contributed by atoms with E-state index in [4.69, 9.17) is 0 Å². The van der Waals surface area contributed by atoms with Crippen LogP contribution in [0, 0.1) is 0 Å². The number of allylic oxidation sites excluding steroid dienone is 6. The van der Waals surface area contributed by atoms with Crippen LogP contribution >= 0.6 is 0 Å². The molecule has 0 rings (SSSR count). The van der Waals surface area contributed by atoms with Gasteiger partial charge >= 0.3 is 37.1 Å². The van der Waals surface area contributed by atoms with Crippen molar-refractivity contribution >= 4 is 17.3 Å². The Kier molecular flexibility index (Phi) is 16.5. The average molecular weight is 677 g/mol. The summed E-state index contributed by atoms with van der Waals surface area (Å²) in [5, 5.41) is 29.5. The molecule has 25 heteroatoms. The third-order valence-corrected chi connectivity index (χ3v) is 2.46. The Balaban J connectivity index is -0.000000240. The first-order chi connectivity index (χ1) is 16.6. The van der Waals surface area contributed by atoms with Crippen LogP contribution in [0.15, 0.2) is 35.5 Å². The van der Waals surface area contributed by atoms with Crippen molar-refractivity contribution in [3.8, 4) is 0 Å². The first-order valence-electron chi connectivity index (χ1n) is 7.86. The fourth-order valence-corrected chi connectivity index (χ4v) is 0.848. The fraction of sp³-hybridized carbons (Fsp3) is 0.400. The second kappa shape index (κ2) is 15.0. The predicted octanol–water partition coefficient (Wildman–Crippen LogP) is 2.77. The molecule has 0 aromatic heterocycles. The van der Waals surface area contributed by atoms with Crippen molar-refractivity contribution in [2.75, 3.05) is 0 Å². The summed E-state index contributed by atoms with van der Waals surface area (Å²) in [5.41, 5.74) is 0. The molecule has 0 bridgehead atoms. The first kappa shape index (κ1) is 43.9. The van der Waals surface area contributed by atoms with E-state index < -0.39 is 89.9 Å². The summed E-state index contributed by atoms with van der Waals surface area (Å²) in [7, 11) is 0. The molecule has 0 saturated carbocycles. The van der Waals surface area contributed by atoms with Gasteiger partial charge in [0, 0.05) is 17.1 Å². The van der Waals surface area contributed by atoms with E-state index in [2.05, 4.69) is 0 Å². The van der Waals surface area contributed by atoms with Crippen LogP contribution in [0.1, 0.15) is 0 Å². The molecule has 0 radical (unpaired) electrons. The SMILES string of the molecule is O=C(/C=C(/[O-])C(F)(F)F)C(F)(F)F.O=C(/C=C(/[O-])C(F)(F)F)C(F)(F)F.O=C(/C=C(/[O-])C(F)(F)F)C(F)(F)F.[Fe]. The maximum absolute atomic E-state index is 11.3. The molecule has 6 nitrogen and oxygen atoms in total. The van der Waals surface area contributed by atoms with Gasteiger partial charge < -0.3 is 15.3 Å². The minimum atomic E-state index is -5.46. The normalized spacial score (nSPS) is 14.1. The maximum Gasteiger partial charge on any atom is 0.454 e. The molecule has 40 heavy (non-hydrogen) atoms. The minimum Gasteiger partial charge on any atom is -0.869 e. The molecule has 0 unspecified atom stereocenters. The van der Waals surface area contributed by atoms with Crippen molar-refractivity contribution in [2.24, 2.45) is 0 Å². The number of halogens is 18. The third kappa shape index (κ3) is 19.9. The average Bonchev–Trinajstić information content (AvgIpc) is 2.64. The molecule has 0 aliphatic heterocycles. The quantitative estimate of drug-likeness (QED) is 0.196. The summed E-state index contributed by atoms with van der Waals surface area (Å²) >= 11 is 0. The molecule has 0 aromatic carbocycles. The van der Waals surface area contributed by atoms with E-state index >= 15 is 0 Å². The molecule has 0 saturated heterocycles. The topological polar surface area (TPSA) is 120 Å². The van der Waals surface area contributed by atoms with Gasteiger partial charge in [-0.3, -0.25) is 14.4 Å². The summed E-state index contributed by atoms with van der Waals surface area (Å²) in [6.07, 6.45) is -35.8. The number of hydrogen-bond acceptors (Lipinski definition) is 6. The molecule has 0 spiro atoms. The zero-order chi connectivity index (χ0) is 32.6. The molecular weight excluding hydrogens is 674 g/mol.